The molecule has 0 unspecified atom stereocenters. The summed E-state index contributed by atoms with van der Waals surface area (Å²) in [5.41, 5.74) is 4.29. The van der Waals surface area contributed by atoms with Crippen molar-refractivity contribution in [2.24, 2.45) is 4.99 Å². The molecule has 150 valence electrons. The average Bonchev–Trinajstić information content (AvgIpc) is 3.33. The largest absolute Gasteiger partial charge is 0.364 e. The minimum atomic E-state index is 0.0143. The molecule has 3 aliphatic rings. The highest BCUT2D eigenvalue weighted by Crippen LogP contribution is 2.46. The van der Waals surface area contributed by atoms with Crippen molar-refractivity contribution in [2.75, 3.05) is 17.8 Å². The zero-order chi connectivity index (χ0) is 20.5. The van der Waals surface area contributed by atoms with Gasteiger partial charge in [0.15, 0.2) is 5.17 Å². The van der Waals surface area contributed by atoms with E-state index in [0.29, 0.717) is 6.54 Å². The van der Waals surface area contributed by atoms with Gasteiger partial charge in [0, 0.05) is 17.5 Å². The van der Waals surface area contributed by atoms with Gasteiger partial charge in [0.2, 0.25) is 0 Å². The normalized spacial score (nSPS) is 22.4. The van der Waals surface area contributed by atoms with Crippen LogP contribution in [0, 0.1) is 0 Å². The van der Waals surface area contributed by atoms with Gasteiger partial charge in [0.05, 0.1) is 28.7 Å². The molecule has 2 aliphatic heterocycles. The number of benzene rings is 2. The second-order valence-electron chi connectivity index (χ2n) is 7.26. The minimum Gasteiger partial charge on any atom is -0.364 e. The van der Waals surface area contributed by atoms with Crippen LogP contribution >= 0.6 is 23.5 Å². The monoisotopic (exact) mass is 431 g/mol. The van der Waals surface area contributed by atoms with Crippen LogP contribution in [0.25, 0.3) is 0 Å². The number of hydrogen-bond donors (Lipinski definition) is 0. The van der Waals surface area contributed by atoms with Crippen LogP contribution in [-0.2, 0) is 11.3 Å². The van der Waals surface area contributed by atoms with Crippen LogP contribution in [0.1, 0.15) is 12.0 Å². The fraction of sp³-hybridized carbons (Fsp3) is 0.167. The highest BCUT2D eigenvalue weighted by molar-refractivity contribution is 8.19. The van der Waals surface area contributed by atoms with Crippen molar-refractivity contribution in [2.45, 2.75) is 13.0 Å². The van der Waals surface area contributed by atoms with Gasteiger partial charge in [-0.3, -0.25) is 14.7 Å². The van der Waals surface area contributed by atoms with Crippen molar-refractivity contribution >= 4 is 40.3 Å². The Morgan fingerprint density at radius 2 is 1.77 bits per heavy atom. The van der Waals surface area contributed by atoms with E-state index in [4.69, 9.17) is 4.99 Å². The Morgan fingerprint density at radius 1 is 1.03 bits per heavy atom. The first-order chi connectivity index (χ1) is 14.7. The number of rotatable bonds is 3. The van der Waals surface area contributed by atoms with Crippen LogP contribution in [-0.4, -0.2) is 28.9 Å². The highest BCUT2D eigenvalue weighted by Gasteiger charge is 2.39. The number of carbonyl (C=O) groups excluding carboxylic acids is 1. The highest BCUT2D eigenvalue weighted by atomic mass is 32.2. The number of thioether (sulfide) groups is 2. The summed E-state index contributed by atoms with van der Waals surface area (Å²) >= 11 is 3.32. The molecule has 5 rings (SSSR count). The lowest BCUT2D eigenvalue weighted by atomic mass is 10.0. The Kier molecular flexibility index (Phi) is 5.27. The molecule has 0 spiro atoms. The predicted octanol–water partition coefficient (Wildman–Crippen LogP) is 5.38. The fourth-order valence-corrected chi connectivity index (χ4v) is 5.93. The van der Waals surface area contributed by atoms with E-state index in [1.807, 2.05) is 60.3 Å². The van der Waals surface area contributed by atoms with E-state index in [1.54, 1.807) is 4.90 Å². The second-order valence-corrected chi connectivity index (χ2v) is 9.23. The molecule has 6 heteroatoms. The van der Waals surface area contributed by atoms with Crippen LogP contribution in [0.4, 0.5) is 5.69 Å². The molecular weight excluding hydrogens is 410 g/mol. The van der Waals surface area contributed by atoms with E-state index in [-0.39, 0.29) is 5.91 Å². The second kappa shape index (κ2) is 8.20. The summed E-state index contributed by atoms with van der Waals surface area (Å²) in [6, 6.07) is 20.0. The lowest BCUT2D eigenvalue weighted by Gasteiger charge is -2.21. The number of allylic oxidation sites excluding steroid dienone is 3. The lowest BCUT2D eigenvalue weighted by molar-refractivity contribution is -0.113. The van der Waals surface area contributed by atoms with Crippen LogP contribution < -0.4 is 4.90 Å². The van der Waals surface area contributed by atoms with Gasteiger partial charge in [0.25, 0.3) is 5.91 Å². The quantitative estimate of drug-likeness (QED) is 0.611. The smallest absolute Gasteiger partial charge is 0.271 e. The molecule has 30 heavy (non-hydrogen) atoms. The van der Waals surface area contributed by atoms with Crippen molar-refractivity contribution in [3.63, 3.8) is 0 Å². The SMILES string of the molecule is CN1CSC2=C1C(=C1SC(=NCc3ccccc3)N(c3ccccc3)C1=O)CC=C2. The molecule has 0 N–H and O–H groups in total. The molecule has 2 aromatic carbocycles. The van der Waals surface area contributed by atoms with E-state index in [2.05, 4.69) is 36.2 Å². The van der Waals surface area contributed by atoms with E-state index in [1.165, 1.54) is 22.4 Å². The minimum absolute atomic E-state index is 0.0143. The number of anilines is 1. The van der Waals surface area contributed by atoms with Crippen LogP contribution in [0.2, 0.25) is 0 Å². The van der Waals surface area contributed by atoms with Crippen molar-refractivity contribution in [3.05, 3.63) is 99.5 Å². The molecule has 1 amide bonds. The number of hydrogen-bond acceptors (Lipinski definition) is 5. The molecule has 4 nitrogen and oxygen atoms in total. The standard InChI is InChI=1S/C24H21N3OS2/c1-26-16-29-20-14-8-13-19(21(20)26)22-23(28)27(18-11-6-3-7-12-18)24(30-22)25-15-17-9-4-2-5-10-17/h2-12,14H,13,15-16H2,1H3. The van der Waals surface area contributed by atoms with Crippen molar-refractivity contribution in [1.82, 2.24) is 4.90 Å². The molecule has 0 saturated carbocycles. The Balaban J connectivity index is 1.57. The first kappa shape index (κ1) is 19.3. The molecule has 0 atom stereocenters. The number of amides is 1. The number of likely N-dealkylation sites (N-methyl/N-ethyl adjacent to an activating group) is 1. The van der Waals surface area contributed by atoms with Crippen LogP contribution in [0.5, 0.6) is 0 Å². The maximum atomic E-state index is 13.6. The Bertz CT molecular complexity index is 1100. The van der Waals surface area contributed by atoms with Crippen molar-refractivity contribution < 1.29 is 4.79 Å². The molecule has 2 heterocycles. The number of amidine groups is 1. The van der Waals surface area contributed by atoms with E-state index < -0.39 is 0 Å². The van der Waals surface area contributed by atoms with E-state index in [9.17, 15) is 4.79 Å². The summed E-state index contributed by atoms with van der Waals surface area (Å²) < 4.78 is 0. The molecule has 2 aromatic rings. The molecule has 0 radical (unpaired) electrons. The van der Waals surface area contributed by atoms with Crippen molar-refractivity contribution in [3.8, 4) is 0 Å². The number of nitrogens with zero attached hydrogens (tertiary/aromatic N) is 3. The molecular formula is C24H21N3OS2. The molecule has 0 bridgehead atoms. The summed E-state index contributed by atoms with van der Waals surface area (Å²) in [7, 11) is 2.10. The first-order valence-electron chi connectivity index (χ1n) is 9.86. The maximum Gasteiger partial charge on any atom is 0.271 e. The summed E-state index contributed by atoms with van der Waals surface area (Å²) in [6.07, 6.45) is 5.11. The molecule has 1 aliphatic carbocycles. The van der Waals surface area contributed by atoms with Gasteiger partial charge in [-0.25, -0.2) is 0 Å². The average molecular weight is 432 g/mol. The molecule has 1 fully saturated rings. The van der Waals surface area contributed by atoms with Gasteiger partial charge in [0.1, 0.15) is 0 Å². The van der Waals surface area contributed by atoms with Crippen molar-refractivity contribution in [1.29, 1.82) is 0 Å². The number of carbonyl (C=O) groups is 1. The predicted molar refractivity (Wildman–Crippen MR) is 127 cm³/mol. The molecule has 1 saturated heterocycles. The van der Waals surface area contributed by atoms with Crippen LogP contribution in [0.3, 0.4) is 0 Å². The van der Waals surface area contributed by atoms with Gasteiger partial charge < -0.3 is 4.90 Å². The van der Waals surface area contributed by atoms with Gasteiger partial charge in [-0.05, 0) is 35.9 Å². The Hall–Kier alpha value is -2.70. The zero-order valence-corrected chi connectivity index (χ0v) is 18.2. The van der Waals surface area contributed by atoms with Gasteiger partial charge in [-0.15, -0.1) is 11.8 Å². The molecule has 0 aromatic heterocycles. The van der Waals surface area contributed by atoms with E-state index in [0.717, 1.165) is 39.2 Å². The van der Waals surface area contributed by atoms with Gasteiger partial charge >= 0.3 is 0 Å². The summed E-state index contributed by atoms with van der Waals surface area (Å²) in [5.74, 6) is 0.933. The number of para-hydroxylation sites is 1. The van der Waals surface area contributed by atoms with Gasteiger partial charge in [-0.2, -0.15) is 0 Å². The maximum absolute atomic E-state index is 13.6. The third kappa shape index (κ3) is 3.50. The summed E-state index contributed by atoms with van der Waals surface area (Å²) in [6.45, 7) is 0.548. The first-order valence-corrected chi connectivity index (χ1v) is 11.7. The fourth-order valence-electron chi connectivity index (χ4n) is 3.78. The third-order valence-corrected chi connectivity index (χ3v) is 7.49. The van der Waals surface area contributed by atoms with E-state index >= 15 is 0 Å². The summed E-state index contributed by atoms with van der Waals surface area (Å²) in [5, 5.41) is 0.738. The van der Waals surface area contributed by atoms with Gasteiger partial charge in [-0.1, -0.05) is 60.7 Å². The Labute approximate surface area is 185 Å². The Morgan fingerprint density at radius 3 is 2.53 bits per heavy atom. The lowest BCUT2D eigenvalue weighted by Crippen LogP contribution is -2.29. The number of aliphatic imine (C=N–C) groups is 1. The summed E-state index contributed by atoms with van der Waals surface area (Å²) in [4.78, 5) is 24.5. The van der Waals surface area contributed by atoms with Crippen LogP contribution in [0.15, 0.2) is 98.9 Å². The topological polar surface area (TPSA) is 35.9 Å². The third-order valence-electron chi connectivity index (χ3n) is 5.22. The zero-order valence-electron chi connectivity index (χ0n) is 16.6.